The predicted molar refractivity (Wildman–Crippen MR) is 222 cm³/mol. The number of fused-ring (bicyclic) bond motifs is 2. The zero-order valence-corrected chi connectivity index (χ0v) is 34.5. The van der Waals surface area contributed by atoms with Crippen LogP contribution in [0, 0.1) is 5.92 Å². The average molecular weight is 802 g/mol. The largest absolute Gasteiger partial charge is 0.458 e. The van der Waals surface area contributed by atoms with Gasteiger partial charge in [-0.1, -0.05) is 106 Å². The van der Waals surface area contributed by atoms with Crippen LogP contribution in [0.4, 0.5) is 0 Å². The molecule has 6 N–H and O–H groups in total. The fourth-order valence-electron chi connectivity index (χ4n) is 7.44. The molecule has 2 aliphatic rings. The molecule has 1 aliphatic heterocycles. The second-order valence-electron chi connectivity index (χ2n) is 16.5. The van der Waals surface area contributed by atoms with Crippen molar-refractivity contribution >= 4 is 41.6 Å². The number of hydrogen-bond acceptors (Lipinski definition) is 8. The molecule has 0 saturated heterocycles. The third-order valence-corrected chi connectivity index (χ3v) is 10.4. The number of aliphatic hydroxyl groups is 1. The molecule has 0 spiro atoms. The molecule has 4 rings (SSSR count). The lowest BCUT2D eigenvalue weighted by Crippen LogP contribution is -2.59. The van der Waals surface area contributed by atoms with Crippen LogP contribution < -0.4 is 26.6 Å². The van der Waals surface area contributed by atoms with E-state index in [-0.39, 0.29) is 24.7 Å². The number of benzene rings is 2. The molecule has 2 bridgehead atoms. The number of amides is 5. The Balaban J connectivity index is 1.50. The van der Waals surface area contributed by atoms with Crippen molar-refractivity contribution in [3.05, 3.63) is 77.4 Å². The van der Waals surface area contributed by atoms with E-state index in [1.54, 1.807) is 51.1 Å². The standard InChI is InChI=1S/C45H63N5O8/c1-5-18-34(40(53)43(56)46-29-37(52)50-39(33-24-14-10-15-25-33)44(57)58-45(2,3)4)47-41(54)35-28-31-21-17-20-30(27-31)19-11-7-6-8-16-26-36(51)49-38(42(55)48-35)32-22-12-9-13-23-32/h10-11,14-15,17,19-21,24-25,27,32,34-35,38-40,53H,5-9,12-13,16,18,22-23,26,28-29H2,1-4H3,(H,46,56)(H,47,54)(H,48,55)(H,49,51)(H,50,52)/b19-11-/t34?,35-,38-,39-,40?/m0/s1. The molecule has 1 fully saturated rings. The summed E-state index contributed by atoms with van der Waals surface area (Å²) < 4.78 is 5.52. The van der Waals surface area contributed by atoms with E-state index in [0.29, 0.717) is 24.8 Å². The molecule has 2 aromatic carbocycles. The van der Waals surface area contributed by atoms with E-state index >= 15 is 0 Å². The molecule has 1 heterocycles. The minimum absolute atomic E-state index is 0.0707. The molecule has 0 aromatic heterocycles. The molecule has 0 radical (unpaired) electrons. The summed E-state index contributed by atoms with van der Waals surface area (Å²) in [6.45, 7) is 6.42. The van der Waals surface area contributed by atoms with Crippen molar-refractivity contribution < 1.29 is 38.6 Å². The Hall–Kier alpha value is -5.04. The quantitative estimate of drug-likeness (QED) is 0.166. The monoisotopic (exact) mass is 801 g/mol. The molecule has 13 heteroatoms. The van der Waals surface area contributed by atoms with Crippen LogP contribution in [0.15, 0.2) is 60.7 Å². The predicted octanol–water partition coefficient (Wildman–Crippen LogP) is 4.72. The van der Waals surface area contributed by atoms with Gasteiger partial charge in [-0.05, 0) is 81.9 Å². The Labute approximate surface area is 342 Å². The summed E-state index contributed by atoms with van der Waals surface area (Å²) in [7, 11) is 0. The molecular formula is C45H63N5O8. The Morgan fingerprint density at radius 2 is 1.62 bits per heavy atom. The number of carbonyl (C=O) groups excluding carboxylic acids is 6. The summed E-state index contributed by atoms with van der Waals surface area (Å²) in [4.78, 5) is 80.9. The Kier molecular flexibility index (Phi) is 17.9. The minimum Gasteiger partial charge on any atom is -0.458 e. The molecule has 58 heavy (non-hydrogen) atoms. The highest BCUT2D eigenvalue weighted by Gasteiger charge is 2.36. The summed E-state index contributed by atoms with van der Waals surface area (Å²) in [6.07, 6.45) is 11.4. The van der Waals surface area contributed by atoms with Crippen molar-refractivity contribution in [3.8, 4) is 0 Å². The Morgan fingerprint density at radius 3 is 2.33 bits per heavy atom. The van der Waals surface area contributed by atoms with Crippen LogP contribution in [0.25, 0.3) is 6.08 Å². The number of aliphatic hydroxyl groups excluding tert-OH is 1. The molecule has 2 aromatic rings. The van der Waals surface area contributed by atoms with Gasteiger partial charge in [-0.2, -0.15) is 0 Å². The van der Waals surface area contributed by atoms with Crippen LogP contribution in [-0.2, 0) is 39.9 Å². The molecule has 13 nitrogen and oxygen atoms in total. The van der Waals surface area contributed by atoms with Gasteiger partial charge >= 0.3 is 5.97 Å². The van der Waals surface area contributed by atoms with Crippen LogP contribution in [0.3, 0.4) is 0 Å². The smallest absolute Gasteiger partial charge is 0.333 e. The SMILES string of the molecule is CCCC(NC(=O)[C@@H]1Cc2cccc(c2)/C=C\CCCCCC(=O)N[C@@H](C2CCCCC2)C(=O)N1)C(O)C(=O)NCC(=O)N[C@H](C(=O)OC(C)(C)C)c1ccccc1. The number of esters is 1. The van der Waals surface area contributed by atoms with Gasteiger partial charge in [-0.3, -0.25) is 24.0 Å². The van der Waals surface area contributed by atoms with E-state index in [0.717, 1.165) is 62.5 Å². The highest BCUT2D eigenvalue weighted by atomic mass is 16.6. The summed E-state index contributed by atoms with van der Waals surface area (Å²) in [5, 5.41) is 25.0. The van der Waals surface area contributed by atoms with Gasteiger partial charge in [0.25, 0.3) is 5.91 Å². The van der Waals surface area contributed by atoms with Gasteiger partial charge in [0.2, 0.25) is 23.6 Å². The minimum atomic E-state index is -1.75. The zero-order chi connectivity index (χ0) is 42.1. The van der Waals surface area contributed by atoms with Crippen LogP contribution in [0.2, 0.25) is 0 Å². The lowest BCUT2D eigenvalue weighted by atomic mass is 9.83. The van der Waals surface area contributed by atoms with Crippen molar-refractivity contribution in [1.29, 1.82) is 0 Å². The first-order chi connectivity index (χ1) is 27.7. The molecule has 5 atom stereocenters. The van der Waals surface area contributed by atoms with Gasteiger partial charge in [0.15, 0.2) is 12.1 Å². The second kappa shape index (κ2) is 22.8. The van der Waals surface area contributed by atoms with E-state index in [1.165, 1.54) is 0 Å². The summed E-state index contributed by atoms with van der Waals surface area (Å²) >= 11 is 0. The molecule has 316 valence electrons. The molecular weight excluding hydrogens is 739 g/mol. The highest BCUT2D eigenvalue weighted by Crippen LogP contribution is 2.27. The first-order valence-corrected chi connectivity index (χ1v) is 20.9. The van der Waals surface area contributed by atoms with E-state index in [2.05, 4.69) is 32.7 Å². The lowest BCUT2D eigenvalue weighted by Gasteiger charge is -2.32. The fourth-order valence-corrected chi connectivity index (χ4v) is 7.44. The molecule has 1 aliphatic carbocycles. The van der Waals surface area contributed by atoms with Gasteiger partial charge in [-0.25, -0.2) is 4.79 Å². The first-order valence-electron chi connectivity index (χ1n) is 20.9. The number of nitrogens with one attached hydrogen (secondary N) is 5. The van der Waals surface area contributed by atoms with Crippen LogP contribution in [-0.4, -0.2) is 77.0 Å². The second-order valence-corrected chi connectivity index (χ2v) is 16.5. The number of rotatable bonds is 12. The maximum absolute atomic E-state index is 14.2. The van der Waals surface area contributed by atoms with Crippen LogP contribution in [0.5, 0.6) is 0 Å². The van der Waals surface area contributed by atoms with Crippen molar-refractivity contribution in [1.82, 2.24) is 26.6 Å². The van der Waals surface area contributed by atoms with E-state index in [1.807, 2.05) is 37.3 Å². The zero-order valence-electron chi connectivity index (χ0n) is 34.5. The molecule has 1 saturated carbocycles. The highest BCUT2D eigenvalue weighted by molar-refractivity contribution is 5.93. The fraction of sp³-hybridized carbons (Fsp3) is 0.556. The summed E-state index contributed by atoms with van der Waals surface area (Å²) in [5.41, 5.74) is 1.42. The number of ether oxygens (including phenoxy) is 1. The topological polar surface area (TPSA) is 192 Å². The maximum atomic E-state index is 14.2. The third-order valence-electron chi connectivity index (χ3n) is 10.4. The van der Waals surface area contributed by atoms with Gasteiger partial charge in [-0.15, -0.1) is 0 Å². The van der Waals surface area contributed by atoms with Crippen molar-refractivity contribution in [2.75, 3.05) is 6.54 Å². The van der Waals surface area contributed by atoms with Crippen molar-refractivity contribution in [3.63, 3.8) is 0 Å². The molecule has 5 amide bonds. The van der Waals surface area contributed by atoms with Crippen molar-refractivity contribution in [2.45, 2.75) is 147 Å². The van der Waals surface area contributed by atoms with Gasteiger partial charge in [0.05, 0.1) is 12.6 Å². The number of allylic oxidation sites excluding steroid dienone is 1. The Morgan fingerprint density at radius 1 is 0.897 bits per heavy atom. The number of hydrogen-bond donors (Lipinski definition) is 6. The summed E-state index contributed by atoms with van der Waals surface area (Å²) in [5.74, 6) is -3.59. The van der Waals surface area contributed by atoms with E-state index in [4.69, 9.17) is 4.74 Å². The summed E-state index contributed by atoms with van der Waals surface area (Å²) in [6, 6.07) is 12.1. The Bertz CT molecular complexity index is 1720. The van der Waals surface area contributed by atoms with Gasteiger partial charge in [0, 0.05) is 12.8 Å². The maximum Gasteiger partial charge on any atom is 0.333 e. The first kappa shape index (κ1) is 45.7. The average Bonchev–Trinajstić information content (AvgIpc) is 3.19. The molecule has 2 unspecified atom stereocenters. The van der Waals surface area contributed by atoms with Gasteiger partial charge in [0.1, 0.15) is 17.7 Å². The van der Waals surface area contributed by atoms with Crippen molar-refractivity contribution in [2.24, 2.45) is 5.92 Å². The van der Waals surface area contributed by atoms with E-state index in [9.17, 15) is 33.9 Å². The normalized spacial score (nSPS) is 20.8. The van der Waals surface area contributed by atoms with Crippen LogP contribution in [0.1, 0.15) is 127 Å². The lowest BCUT2D eigenvalue weighted by molar-refractivity contribution is -0.158. The van der Waals surface area contributed by atoms with Gasteiger partial charge < -0.3 is 36.4 Å². The van der Waals surface area contributed by atoms with E-state index < -0.39 is 72.0 Å². The number of carbonyl (C=O) groups is 6. The third kappa shape index (κ3) is 15.0. The van der Waals surface area contributed by atoms with Crippen LogP contribution >= 0.6 is 0 Å².